The highest BCUT2D eigenvalue weighted by Gasteiger charge is 2.16. The second-order valence-electron chi connectivity index (χ2n) is 4.09. The third-order valence-electron chi connectivity index (χ3n) is 2.77. The van der Waals surface area contributed by atoms with E-state index in [9.17, 15) is 4.79 Å². The SMILES string of the molecule is CCCC(=O)C(CC)c1ccc(C)cc1. The summed E-state index contributed by atoms with van der Waals surface area (Å²) in [5.41, 5.74) is 2.41. The quantitative estimate of drug-likeness (QED) is 0.711. The standard InChI is InChI=1S/C14H20O/c1-4-6-14(15)13(5-2)12-9-7-11(3)8-10-12/h7-10,13H,4-6H2,1-3H3. The molecule has 0 N–H and O–H groups in total. The Labute approximate surface area is 92.5 Å². The minimum absolute atomic E-state index is 0.102. The molecule has 1 heteroatoms. The minimum atomic E-state index is 0.102. The Bertz CT molecular complexity index is 311. The second kappa shape index (κ2) is 5.69. The van der Waals surface area contributed by atoms with Crippen LogP contribution in [0.15, 0.2) is 24.3 Å². The summed E-state index contributed by atoms with van der Waals surface area (Å²) >= 11 is 0. The van der Waals surface area contributed by atoms with Crippen molar-refractivity contribution in [1.29, 1.82) is 0 Å². The predicted octanol–water partition coefficient (Wildman–Crippen LogP) is 3.86. The zero-order valence-corrected chi connectivity index (χ0v) is 9.92. The highest BCUT2D eigenvalue weighted by atomic mass is 16.1. The molecule has 0 aliphatic rings. The van der Waals surface area contributed by atoms with E-state index in [-0.39, 0.29) is 5.92 Å². The van der Waals surface area contributed by atoms with Crippen LogP contribution in [0, 0.1) is 6.92 Å². The van der Waals surface area contributed by atoms with Crippen LogP contribution in [0.2, 0.25) is 0 Å². The van der Waals surface area contributed by atoms with Crippen LogP contribution in [0.4, 0.5) is 0 Å². The van der Waals surface area contributed by atoms with Crippen LogP contribution in [0.3, 0.4) is 0 Å². The van der Waals surface area contributed by atoms with Crippen LogP contribution >= 0.6 is 0 Å². The largest absolute Gasteiger partial charge is 0.299 e. The molecule has 0 aliphatic carbocycles. The second-order valence-corrected chi connectivity index (χ2v) is 4.09. The first kappa shape index (κ1) is 12.0. The molecule has 0 aromatic heterocycles. The van der Waals surface area contributed by atoms with E-state index in [0.29, 0.717) is 12.2 Å². The number of carbonyl (C=O) groups excluding carboxylic acids is 1. The summed E-state index contributed by atoms with van der Waals surface area (Å²) in [7, 11) is 0. The molecule has 15 heavy (non-hydrogen) atoms. The van der Waals surface area contributed by atoms with E-state index in [1.807, 2.05) is 0 Å². The summed E-state index contributed by atoms with van der Waals surface area (Å²) in [5.74, 6) is 0.481. The maximum absolute atomic E-state index is 11.9. The Morgan fingerprint density at radius 1 is 1.20 bits per heavy atom. The number of rotatable bonds is 5. The highest BCUT2D eigenvalue weighted by molar-refractivity contribution is 5.85. The van der Waals surface area contributed by atoms with Crippen LogP contribution in [-0.2, 0) is 4.79 Å². The third-order valence-corrected chi connectivity index (χ3v) is 2.77. The van der Waals surface area contributed by atoms with Crippen molar-refractivity contribution in [1.82, 2.24) is 0 Å². The molecule has 1 aromatic carbocycles. The van der Waals surface area contributed by atoms with E-state index >= 15 is 0 Å². The Balaban J connectivity index is 2.82. The van der Waals surface area contributed by atoms with E-state index in [1.165, 1.54) is 11.1 Å². The molecule has 1 aromatic rings. The first-order valence-corrected chi connectivity index (χ1v) is 5.78. The van der Waals surface area contributed by atoms with Gasteiger partial charge in [-0.3, -0.25) is 4.79 Å². The van der Waals surface area contributed by atoms with Crippen molar-refractivity contribution in [2.24, 2.45) is 0 Å². The molecule has 0 spiro atoms. The minimum Gasteiger partial charge on any atom is -0.299 e. The molecule has 1 atom stereocenters. The van der Waals surface area contributed by atoms with E-state index in [0.717, 1.165) is 12.8 Å². The lowest BCUT2D eigenvalue weighted by atomic mass is 9.90. The number of carbonyl (C=O) groups is 1. The number of ketones is 1. The average Bonchev–Trinajstić information content (AvgIpc) is 2.22. The van der Waals surface area contributed by atoms with Crippen LogP contribution in [0.1, 0.15) is 50.2 Å². The van der Waals surface area contributed by atoms with Crippen molar-refractivity contribution in [3.8, 4) is 0 Å². The first-order chi connectivity index (χ1) is 7.19. The molecule has 0 radical (unpaired) electrons. The first-order valence-electron chi connectivity index (χ1n) is 5.78. The summed E-state index contributed by atoms with van der Waals surface area (Å²) in [6.07, 6.45) is 2.55. The summed E-state index contributed by atoms with van der Waals surface area (Å²) < 4.78 is 0. The fraction of sp³-hybridized carbons (Fsp3) is 0.500. The van der Waals surface area contributed by atoms with Gasteiger partial charge in [0.1, 0.15) is 5.78 Å². The molecule has 0 bridgehead atoms. The fourth-order valence-electron chi connectivity index (χ4n) is 1.87. The molecule has 1 rings (SSSR count). The predicted molar refractivity (Wildman–Crippen MR) is 64.1 cm³/mol. The smallest absolute Gasteiger partial charge is 0.140 e. The van der Waals surface area contributed by atoms with Gasteiger partial charge >= 0.3 is 0 Å². The maximum atomic E-state index is 11.9. The molecule has 0 aliphatic heterocycles. The number of hydrogen-bond donors (Lipinski definition) is 0. The molecule has 0 heterocycles. The van der Waals surface area contributed by atoms with Crippen molar-refractivity contribution < 1.29 is 4.79 Å². The number of hydrogen-bond acceptors (Lipinski definition) is 1. The van der Waals surface area contributed by atoms with Gasteiger partial charge in [0.25, 0.3) is 0 Å². The zero-order chi connectivity index (χ0) is 11.3. The van der Waals surface area contributed by atoms with Crippen molar-refractivity contribution in [3.05, 3.63) is 35.4 Å². The number of aryl methyl sites for hydroxylation is 1. The van der Waals surface area contributed by atoms with Crippen molar-refractivity contribution in [2.75, 3.05) is 0 Å². The van der Waals surface area contributed by atoms with Gasteiger partial charge in [-0.15, -0.1) is 0 Å². The molecular formula is C14H20O. The third kappa shape index (κ3) is 3.19. The summed E-state index contributed by atoms with van der Waals surface area (Å²) in [4.78, 5) is 11.9. The van der Waals surface area contributed by atoms with Gasteiger partial charge in [0.05, 0.1) is 0 Å². The molecule has 1 unspecified atom stereocenters. The van der Waals surface area contributed by atoms with Gasteiger partial charge in [0.2, 0.25) is 0 Å². The van der Waals surface area contributed by atoms with Crippen LogP contribution in [0.25, 0.3) is 0 Å². The summed E-state index contributed by atoms with van der Waals surface area (Å²) in [6, 6.07) is 8.32. The molecule has 0 saturated carbocycles. The van der Waals surface area contributed by atoms with Gasteiger partial charge in [0, 0.05) is 12.3 Å². The summed E-state index contributed by atoms with van der Waals surface area (Å²) in [5, 5.41) is 0. The lowest BCUT2D eigenvalue weighted by Gasteiger charge is -2.13. The van der Waals surface area contributed by atoms with Gasteiger partial charge in [0.15, 0.2) is 0 Å². The average molecular weight is 204 g/mol. The van der Waals surface area contributed by atoms with Crippen LogP contribution in [-0.4, -0.2) is 5.78 Å². The van der Waals surface area contributed by atoms with Gasteiger partial charge < -0.3 is 0 Å². The molecular weight excluding hydrogens is 184 g/mol. The monoisotopic (exact) mass is 204 g/mol. The van der Waals surface area contributed by atoms with Crippen molar-refractivity contribution in [3.63, 3.8) is 0 Å². The van der Waals surface area contributed by atoms with E-state index < -0.39 is 0 Å². The molecule has 0 fully saturated rings. The normalized spacial score (nSPS) is 12.5. The lowest BCUT2D eigenvalue weighted by molar-refractivity contribution is -0.120. The zero-order valence-electron chi connectivity index (χ0n) is 9.92. The van der Waals surface area contributed by atoms with Gasteiger partial charge in [-0.25, -0.2) is 0 Å². The number of benzene rings is 1. The molecule has 1 nitrogen and oxygen atoms in total. The van der Waals surface area contributed by atoms with Crippen LogP contribution in [0.5, 0.6) is 0 Å². The van der Waals surface area contributed by atoms with Gasteiger partial charge in [-0.1, -0.05) is 43.7 Å². The Hall–Kier alpha value is -1.11. The van der Waals surface area contributed by atoms with E-state index in [2.05, 4.69) is 45.0 Å². The van der Waals surface area contributed by atoms with Gasteiger partial charge in [-0.2, -0.15) is 0 Å². The Kier molecular flexibility index (Phi) is 4.54. The van der Waals surface area contributed by atoms with E-state index in [1.54, 1.807) is 0 Å². The fourth-order valence-corrected chi connectivity index (χ4v) is 1.87. The van der Waals surface area contributed by atoms with Gasteiger partial charge in [-0.05, 0) is 25.3 Å². The Morgan fingerprint density at radius 3 is 2.27 bits per heavy atom. The molecule has 0 amide bonds. The lowest BCUT2D eigenvalue weighted by Crippen LogP contribution is -2.11. The number of Topliss-reactive ketones (excluding diaryl/α,β-unsaturated/α-hetero) is 1. The Morgan fingerprint density at radius 2 is 1.80 bits per heavy atom. The van der Waals surface area contributed by atoms with Crippen LogP contribution < -0.4 is 0 Å². The van der Waals surface area contributed by atoms with Crippen molar-refractivity contribution >= 4 is 5.78 Å². The summed E-state index contributed by atoms with van der Waals surface area (Å²) in [6.45, 7) is 6.20. The maximum Gasteiger partial charge on any atom is 0.140 e. The van der Waals surface area contributed by atoms with E-state index in [4.69, 9.17) is 0 Å². The molecule has 0 saturated heterocycles. The molecule has 82 valence electrons. The van der Waals surface area contributed by atoms with Crippen molar-refractivity contribution in [2.45, 2.75) is 46.0 Å². The highest BCUT2D eigenvalue weighted by Crippen LogP contribution is 2.22. The topological polar surface area (TPSA) is 17.1 Å².